The molecule has 0 bridgehead atoms. The van der Waals surface area contributed by atoms with Crippen LogP contribution < -0.4 is 4.74 Å². The lowest BCUT2D eigenvalue weighted by molar-refractivity contribution is -0.0231. The first-order chi connectivity index (χ1) is 6.38. The van der Waals surface area contributed by atoms with Gasteiger partial charge in [0.15, 0.2) is 6.61 Å². The third-order valence-corrected chi connectivity index (χ3v) is 2.26. The van der Waals surface area contributed by atoms with E-state index in [0.717, 1.165) is 6.92 Å². The van der Waals surface area contributed by atoms with Crippen LogP contribution in [0.4, 0.5) is 8.78 Å². The van der Waals surface area contributed by atoms with Crippen LogP contribution in [0.15, 0.2) is 22.7 Å². The maximum Gasteiger partial charge on any atom is 0.278 e. The molecule has 78 valence electrons. The molecule has 1 nitrogen and oxygen atoms in total. The van der Waals surface area contributed by atoms with Crippen LogP contribution in [0.5, 0.6) is 5.75 Å². The summed E-state index contributed by atoms with van der Waals surface area (Å²) in [5, 5.41) is 0.447. The first-order valence-corrected chi connectivity index (χ1v) is 5.01. The zero-order valence-electron chi connectivity index (χ0n) is 7.36. The van der Waals surface area contributed by atoms with Crippen molar-refractivity contribution in [2.24, 2.45) is 0 Å². The fraction of sp³-hybridized carbons (Fsp3) is 0.333. The molecule has 0 aliphatic heterocycles. The van der Waals surface area contributed by atoms with Crippen LogP contribution in [-0.2, 0) is 0 Å². The van der Waals surface area contributed by atoms with Crippen molar-refractivity contribution >= 4 is 27.5 Å². The summed E-state index contributed by atoms with van der Waals surface area (Å²) in [4.78, 5) is 0. The van der Waals surface area contributed by atoms with Gasteiger partial charge in [0.25, 0.3) is 5.92 Å². The third kappa shape index (κ3) is 3.80. The van der Waals surface area contributed by atoms with E-state index in [4.69, 9.17) is 16.3 Å². The molecule has 0 saturated heterocycles. The summed E-state index contributed by atoms with van der Waals surface area (Å²) in [5.74, 6) is -2.53. The molecule has 0 unspecified atom stereocenters. The highest BCUT2D eigenvalue weighted by atomic mass is 79.9. The van der Waals surface area contributed by atoms with Gasteiger partial charge in [-0.25, -0.2) is 8.78 Å². The van der Waals surface area contributed by atoms with E-state index in [0.29, 0.717) is 15.2 Å². The number of halogens is 4. The van der Waals surface area contributed by atoms with E-state index in [1.165, 1.54) is 6.07 Å². The maximum atomic E-state index is 12.5. The minimum absolute atomic E-state index is 0.319. The first-order valence-electron chi connectivity index (χ1n) is 3.84. The molecular weight excluding hydrogens is 277 g/mol. The predicted molar refractivity (Wildman–Crippen MR) is 55.3 cm³/mol. The van der Waals surface area contributed by atoms with Crippen molar-refractivity contribution in [1.82, 2.24) is 0 Å². The van der Waals surface area contributed by atoms with E-state index in [2.05, 4.69) is 15.9 Å². The molecule has 0 heterocycles. The largest absolute Gasteiger partial charge is 0.486 e. The summed E-state index contributed by atoms with van der Waals surface area (Å²) in [7, 11) is 0. The summed E-state index contributed by atoms with van der Waals surface area (Å²) in [6, 6.07) is 4.77. The van der Waals surface area contributed by atoms with E-state index >= 15 is 0 Å². The quantitative estimate of drug-likeness (QED) is 0.811. The molecule has 14 heavy (non-hydrogen) atoms. The smallest absolute Gasteiger partial charge is 0.278 e. The van der Waals surface area contributed by atoms with Crippen molar-refractivity contribution < 1.29 is 13.5 Å². The Morgan fingerprint density at radius 3 is 2.71 bits per heavy atom. The van der Waals surface area contributed by atoms with Crippen LogP contribution >= 0.6 is 27.5 Å². The molecule has 1 aromatic carbocycles. The molecule has 0 spiro atoms. The number of benzene rings is 1. The van der Waals surface area contributed by atoms with Crippen LogP contribution in [0, 0.1) is 0 Å². The van der Waals surface area contributed by atoms with Gasteiger partial charge in [0.2, 0.25) is 0 Å². The Morgan fingerprint density at radius 1 is 1.50 bits per heavy atom. The van der Waals surface area contributed by atoms with Gasteiger partial charge in [-0.05, 0) is 34.1 Å². The van der Waals surface area contributed by atoms with Crippen LogP contribution in [-0.4, -0.2) is 12.5 Å². The average molecular weight is 286 g/mol. The Hall–Kier alpha value is -0.350. The molecule has 0 aromatic heterocycles. The van der Waals surface area contributed by atoms with Gasteiger partial charge in [-0.3, -0.25) is 0 Å². The lowest BCUT2D eigenvalue weighted by atomic mass is 10.3. The number of ether oxygens (including phenoxy) is 1. The topological polar surface area (TPSA) is 9.23 Å². The highest BCUT2D eigenvalue weighted by molar-refractivity contribution is 9.10. The van der Waals surface area contributed by atoms with Crippen LogP contribution in [0.3, 0.4) is 0 Å². The summed E-state index contributed by atoms with van der Waals surface area (Å²) >= 11 is 8.85. The maximum absolute atomic E-state index is 12.5. The van der Waals surface area contributed by atoms with Gasteiger partial charge in [0.05, 0.1) is 4.47 Å². The molecule has 1 aromatic rings. The monoisotopic (exact) mass is 284 g/mol. The van der Waals surface area contributed by atoms with E-state index in [9.17, 15) is 8.78 Å². The van der Waals surface area contributed by atoms with Gasteiger partial charge in [-0.1, -0.05) is 11.6 Å². The van der Waals surface area contributed by atoms with Gasteiger partial charge < -0.3 is 4.74 Å². The molecule has 5 heteroatoms. The summed E-state index contributed by atoms with van der Waals surface area (Å²) in [5.41, 5.74) is 0. The number of hydrogen-bond acceptors (Lipinski definition) is 1. The number of rotatable bonds is 3. The second-order valence-corrected chi connectivity index (χ2v) is 4.22. The Kier molecular flexibility index (Phi) is 3.72. The molecule has 0 saturated carbocycles. The second kappa shape index (κ2) is 4.45. The molecule has 0 aliphatic carbocycles. The highest BCUT2D eigenvalue weighted by Gasteiger charge is 2.22. The van der Waals surface area contributed by atoms with Gasteiger partial charge in [0, 0.05) is 11.9 Å². The van der Waals surface area contributed by atoms with Gasteiger partial charge >= 0.3 is 0 Å². The fourth-order valence-corrected chi connectivity index (χ4v) is 1.32. The van der Waals surface area contributed by atoms with Crippen molar-refractivity contribution in [3.05, 3.63) is 27.7 Å². The van der Waals surface area contributed by atoms with Crippen molar-refractivity contribution in [1.29, 1.82) is 0 Å². The molecule has 0 radical (unpaired) electrons. The minimum Gasteiger partial charge on any atom is -0.486 e. The fourth-order valence-electron chi connectivity index (χ4n) is 0.792. The molecule has 0 fully saturated rings. The van der Waals surface area contributed by atoms with E-state index < -0.39 is 12.5 Å². The molecule has 0 N–H and O–H groups in total. The zero-order chi connectivity index (χ0) is 10.8. The molecule has 0 aliphatic rings. The predicted octanol–water partition coefficient (Wildman–Crippen LogP) is 4.14. The van der Waals surface area contributed by atoms with Crippen LogP contribution in [0.2, 0.25) is 5.02 Å². The van der Waals surface area contributed by atoms with E-state index in [1.807, 2.05) is 0 Å². The number of alkyl halides is 2. The van der Waals surface area contributed by atoms with Crippen molar-refractivity contribution in [2.75, 3.05) is 6.61 Å². The Morgan fingerprint density at radius 2 is 2.14 bits per heavy atom. The summed E-state index contributed by atoms with van der Waals surface area (Å²) in [6.45, 7) is 0.136. The zero-order valence-corrected chi connectivity index (χ0v) is 9.70. The summed E-state index contributed by atoms with van der Waals surface area (Å²) < 4.78 is 30.4. The van der Waals surface area contributed by atoms with Crippen molar-refractivity contribution in [3.8, 4) is 5.75 Å². The Balaban J connectivity index is 2.72. The molecular formula is C9H8BrClF2O. The lowest BCUT2D eigenvalue weighted by Crippen LogP contribution is -2.21. The lowest BCUT2D eigenvalue weighted by Gasteiger charge is -2.13. The van der Waals surface area contributed by atoms with Crippen molar-refractivity contribution in [3.63, 3.8) is 0 Å². The Bertz CT molecular complexity index is 325. The number of hydrogen-bond donors (Lipinski definition) is 0. The average Bonchev–Trinajstić information content (AvgIpc) is 2.05. The van der Waals surface area contributed by atoms with Crippen LogP contribution in [0.1, 0.15) is 6.92 Å². The minimum atomic E-state index is -2.85. The molecule has 0 amide bonds. The SMILES string of the molecule is CC(F)(F)COc1cc(Cl)ccc1Br. The van der Waals surface area contributed by atoms with Crippen LogP contribution in [0.25, 0.3) is 0 Å². The summed E-state index contributed by atoms with van der Waals surface area (Å²) in [6.07, 6.45) is 0. The second-order valence-electron chi connectivity index (χ2n) is 2.93. The molecule has 1 rings (SSSR count). The van der Waals surface area contributed by atoms with Gasteiger partial charge in [0.1, 0.15) is 5.75 Å². The standard InChI is InChI=1S/C9H8BrClF2O/c1-9(12,13)5-14-8-4-6(11)2-3-7(8)10/h2-4H,5H2,1H3. The van der Waals surface area contributed by atoms with Crippen molar-refractivity contribution in [2.45, 2.75) is 12.8 Å². The normalized spacial score (nSPS) is 11.5. The molecule has 0 atom stereocenters. The third-order valence-electron chi connectivity index (χ3n) is 1.37. The Labute approximate surface area is 94.1 Å². The van der Waals surface area contributed by atoms with Gasteiger partial charge in [-0.2, -0.15) is 0 Å². The van der Waals surface area contributed by atoms with E-state index in [-0.39, 0.29) is 0 Å². The van der Waals surface area contributed by atoms with Gasteiger partial charge in [-0.15, -0.1) is 0 Å². The van der Waals surface area contributed by atoms with E-state index in [1.54, 1.807) is 12.1 Å². The first kappa shape index (κ1) is 11.7. The highest BCUT2D eigenvalue weighted by Crippen LogP contribution is 2.29.